The minimum absolute atomic E-state index is 0.0824. The molecule has 268 valence electrons. The molecule has 0 aromatic heterocycles. The van der Waals surface area contributed by atoms with Gasteiger partial charge in [0.2, 0.25) is 0 Å². The van der Waals surface area contributed by atoms with Crippen LogP contribution in [0.4, 0.5) is 9.59 Å². The van der Waals surface area contributed by atoms with Crippen LogP contribution in [-0.2, 0) is 35.3 Å². The maximum absolute atomic E-state index is 12.9. The summed E-state index contributed by atoms with van der Waals surface area (Å²) in [5.41, 5.74) is 4.49. The minimum Gasteiger partial charge on any atom is -0.465 e. The monoisotopic (exact) mass is 692 g/mol. The molecule has 4 aromatic carbocycles. The summed E-state index contributed by atoms with van der Waals surface area (Å²) in [5.74, 6) is -0.491. The van der Waals surface area contributed by atoms with E-state index in [2.05, 4.69) is 16.1 Å². The Morgan fingerprint density at radius 3 is 1.63 bits per heavy atom. The normalized spacial score (nSPS) is 14.1. The number of nitrogens with one attached hydrogen (secondary N) is 3. The minimum atomic E-state index is -1.58. The van der Waals surface area contributed by atoms with Crippen molar-refractivity contribution in [3.05, 3.63) is 144 Å². The number of carbonyl (C=O) groups is 4. The summed E-state index contributed by atoms with van der Waals surface area (Å²) in [5, 5.41) is 28.1. The van der Waals surface area contributed by atoms with Crippen LogP contribution in [0.3, 0.4) is 0 Å². The summed E-state index contributed by atoms with van der Waals surface area (Å²) in [6.07, 6.45) is 2.84. The molecule has 0 fully saturated rings. The lowest BCUT2D eigenvalue weighted by Gasteiger charge is -2.50. The number of carboxylic acid groups (broad SMARTS) is 2. The maximum Gasteiger partial charge on any atom is 0.419 e. The maximum atomic E-state index is 12.9. The number of rotatable bonds is 22. The van der Waals surface area contributed by atoms with Crippen LogP contribution in [0, 0.1) is 5.92 Å². The first-order chi connectivity index (χ1) is 24.8. The molecule has 0 aliphatic carbocycles. The van der Waals surface area contributed by atoms with Gasteiger partial charge < -0.3 is 30.4 Å². The summed E-state index contributed by atoms with van der Waals surface area (Å²) < 4.78 is 0. The van der Waals surface area contributed by atoms with E-state index in [9.17, 15) is 29.4 Å². The van der Waals surface area contributed by atoms with Crippen molar-refractivity contribution in [1.29, 1.82) is 0 Å². The Labute approximate surface area is 299 Å². The third-order valence-corrected chi connectivity index (χ3v) is 9.16. The molecular formula is C41H48N4O6. The van der Waals surface area contributed by atoms with Crippen LogP contribution in [0.25, 0.3) is 0 Å². The number of aldehydes is 2. The first kappa shape index (κ1) is 38.5. The van der Waals surface area contributed by atoms with E-state index < -0.39 is 29.8 Å². The van der Waals surface area contributed by atoms with Gasteiger partial charge in [-0.3, -0.25) is 5.43 Å². The standard InChI is InChI=1S/C41H48N4O6/c46-30-37(27-33-18-8-2-9-19-33)42-25-15-5-14-24-36(26-32-16-6-1-7-17-32)41(43-39(48)49,29-35-22-12-4-13-23-35)45(44-40(50)51)38(31-47)28-34-20-10-3-11-21-34/h1-4,6-13,16-23,30-31,36-38,42-44H,5,14-15,24-29H2,(H,48,49)(H,50,51)/t36-,37?,38-,41?/m0/s1. The number of hydrogen-bond donors (Lipinski definition) is 5. The second-order valence-electron chi connectivity index (χ2n) is 12.8. The first-order valence-corrected chi connectivity index (χ1v) is 17.4. The van der Waals surface area contributed by atoms with Gasteiger partial charge in [0.25, 0.3) is 0 Å². The molecule has 51 heavy (non-hydrogen) atoms. The SMILES string of the molecule is O=CC(Cc1ccccc1)NCCCCC[C@@H](Cc1ccccc1)C(Cc1ccccc1)(NC(=O)O)N(NC(=O)O)[C@H](C=O)Cc1ccccc1. The fraction of sp³-hybridized carbons (Fsp3) is 0.317. The topological polar surface area (TPSA) is 148 Å². The van der Waals surface area contributed by atoms with Crippen molar-refractivity contribution in [2.24, 2.45) is 5.92 Å². The van der Waals surface area contributed by atoms with Gasteiger partial charge in [-0.1, -0.05) is 134 Å². The predicted molar refractivity (Wildman–Crippen MR) is 197 cm³/mol. The Balaban J connectivity index is 1.67. The number of benzene rings is 4. The fourth-order valence-corrected chi connectivity index (χ4v) is 6.79. The smallest absolute Gasteiger partial charge is 0.419 e. The van der Waals surface area contributed by atoms with Crippen molar-refractivity contribution in [2.45, 2.75) is 69.1 Å². The molecule has 0 heterocycles. The van der Waals surface area contributed by atoms with Crippen molar-refractivity contribution in [3.8, 4) is 0 Å². The van der Waals surface area contributed by atoms with Crippen LogP contribution in [-0.4, -0.2) is 64.3 Å². The number of hydrazine groups is 1. The van der Waals surface area contributed by atoms with E-state index in [0.29, 0.717) is 38.5 Å². The van der Waals surface area contributed by atoms with Gasteiger partial charge in [-0.05, 0) is 60.9 Å². The zero-order chi connectivity index (χ0) is 36.3. The van der Waals surface area contributed by atoms with Crippen LogP contribution in [0.15, 0.2) is 121 Å². The zero-order valence-electron chi connectivity index (χ0n) is 28.8. The lowest BCUT2D eigenvalue weighted by molar-refractivity contribution is -0.122. The van der Waals surface area contributed by atoms with Gasteiger partial charge in [-0.25, -0.2) is 9.59 Å². The molecule has 2 unspecified atom stereocenters. The third kappa shape index (κ3) is 12.2. The van der Waals surface area contributed by atoms with Crippen molar-refractivity contribution in [3.63, 3.8) is 0 Å². The number of hydrogen-bond acceptors (Lipinski definition) is 6. The van der Waals surface area contributed by atoms with Crippen molar-refractivity contribution < 1.29 is 29.4 Å². The Morgan fingerprint density at radius 1 is 0.627 bits per heavy atom. The van der Waals surface area contributed by atoms with Crippen LogP contribution < -0.4 is 16.1 Å². The van der Waals surface area contributed by atoms with E-state index in [1.54, 1.807) is 0 Å². The van der Waals surface area contributed by atoms with E-state index in [4.69, 9.17) is 0 Å². The first-order valence-electron chi connectivity index (χ1n) is 17.4. The van der Waals surface area contributed by atoms with E-state index in [1.165, 1.54) is 5.01 Å². The number of carbonyl (C=O) groups excluding carboxylic acids is 2. The third-order valence-electron chi connectivity index (χ3n) is 9.16. The van der Waals surface area contributed by atoms with Gasteiger partial charge in [0, 0.05) is 12.3 Å². The highest BCUT2D eigenvalue weighted by Gasteiger charge is 2.49. The van der Waals surface area contributed by atoms with Gasteiger partial charge in [0.15, 0.2) is 0 Å². The summed E-state index contributed by atoms with van der Waals surface area (Å²) in [6, 6.07) is 36.7. The Bertz CT molecular complexity index is 1630. The van der Waals surface area contributed by atoms with Crippen molar-refractivity contribution in [1.82, 2.24) is 21.1 Å². The van der Waals surface area contributed by atoms with Gasteiger partial charge in [0.1, 0.15) is 18.2 Å². The average molecular weight is 693 g/mol. The summed E-state index contributed by atoms with van der Waals surface area (Å²) in [6.45, 7) is 0.624. The molecule has 4 aromatic rings. The van der Waals surface area contributed by atoms with Crippen LogP contribution in [0.2, 0.25) is 0 Å². The van der Waals surface area contributed by atoms with E-state index in [0.717, 1.165) is 41.4 Å². The predicted octanol–water partition coefficient (Wildman–Crippen LogP) is 6.31. The molecular weight excluding hydrogens is 644 g/mol. The summed E-state index contributed by atoms with van der Waals surface area (Å²) in [7, 11) is 0. The molecule has 0 bridgehead atoms. The Hall–Kier alpha value is -5.32. The van der Waals surface area contributed by atoms with Gasteiger partial charge in [-0.2, -0.15) is 5.01 Å². The Kier molecular flexibility index (Phi) is 15.4. The molecule has 0 radical (unpaired) electrons. The summed E-state index contributed by atoms with van der Waals surface area (Å²) in [4.78, 5) is 50.0. The fourth-order valence-electron chi connectivity index (χ4n) is 6.79. The molecule has 0 saturated heterocycles. The molecule has 0 saturated carbocycles. The highest BCUT2D eigenvalue weighted by molar-refractivity contribution is 5.68. The molecule has 0 aliphatic rings. The van der Waals surface area contributed by atoms with Crippen molar-refractivity contribution in [2.75, 3.05) is 6.54 Å². The number of unbranched alkanes of at least 4 members (excludes halogenated alkanes) is 2. The molecule has 0 spiro atoms. The zero-order valence-corrected chi connectivity index (χ0v) is 28.8. The van der Waals surface area contributed by atoms with Gasteiger partial charge in [0.05, 0.1) is 12.1 Å². The largest absolute Gasteiger partial charge is 0.465 e. The van der Waals surface area contributed by atoms with E-state index in [-0.39, 0.29) is 18.9 Å². The molecule has 2 amide bonds. The van der Waals surface area contributed by atoms with Crippen LogP contribution in [0.5, 0.6) is 0 Å². The lowest BCUT2D eigenvalue weighted by atomic mass is 9.77. The van der Waals surface area contributed by atoms with Crippen molar-refractivity contribution >= 4 is 24.8 Å². The second kappa shape index (κ2) is 20.4. The summed E-state index contributed by atoms with van der Waals surface area (Å²) >= 11 is 0. The number of nitrogens with zero attached hydrogens (tertiary/aromatic N) is 1. The quantitative estimate of drug-likeness (QED) is 0.0279. The molecule has 4 atom stereocenters. The molecule has 0 aliphatic heterocycles. The van der Waals surface area contributed by atoms with Crippen LogP contribution in [0.1, 0.15) is 47.9 Å². The highest BCUT2D eigenvalue weighted by atomic mass is 16.4. The molecule has 10 nitrogen and oxygen atoms in total. The highest BCUT2D eigenvalue weighted by Crippen LogP contribution is 2.35. The number of amides is 2. The van der Waals surface area contributed by atoms with E-state index >= 15 is 0 Å². The molecule has 5 N–H and O–H groups in total. The van der Waals surface area contributed by atoms with E-state index in [1.807, 2.05) is 121 Å². The van der Waals surface area contributed by atoms with Crippen LogP contribution >= 0.6 is 0 Å². The molecule has 10 heteroatoms. The van der Waals surface area contributed by atoms with Gasteiger partial charge >= 0.3 is 12.2 Å². The van der Waals surface area contributed by atoms with Gasteiger partial charge in [-0.15, -0.1) is 0 Å². The lowest BCUT2D eigenvalue weighted by Crippen LogP contribution is -2.73. The average Bonchev–Trinajstić information content (AvgIpc) is 3.14. The second-order valence-corrected chi connectivity index (χ2v) is 12.8. The Morgan fingerprint density at radius 2 is 1.14 bits per heavy atom. The molecule has 4 rings (SSSR count).